The molecule has 0 saturated carbocycles. The average Bonchev–Trinajstić information content (AvgIpc) is 2.05. The van der Waals surface area contributed by atoms with E-state index in [-0.39, 0.29) is 17.5 Å². The summed E-state index contributed by atoms with van der Waals surface area (Å²) < 4.78 is 48.6. The van der Waals surface area contributed by atoms with E-state index in [2.05, 4.69) is 15.9 Å². The van der Waals surface area contributed by atoms with Gasteiger partial charge in [0.25, 0.3) is 0 Å². The molecule has 1 rings (SSSR count). The molecule has 0 radical (unpaired) electrons. The fraction of sp³-hybridized carbons (Fsp3) is 0.250. The van der Waals surface area contributed by atoms with Gasteiger partial charge in [0, 0.05) is 10.2 Å². The molecule has 6 heteroatoms. The second-order valence-electron chi connectivity index (χ2n) is 2.47. The lowest BCUT2D eigenvalue weighted by molar-refractivity contribution is -0.0329. The van der Waals surface area contributed by atoms with Crippen LogP contribution in [-0.2, 0) is 5.75 Å². The third kappa shape index (κ3) is 3.88. The van der Waals surface area contributed by atoms with Gasteiger partial charge >= 0.3 is 5.51 Å². The zero-order valence-corrected chi connectivity index (χ0v) is 9.14. The van der Waals surface area contributed by atoms with Gasteiger partial charge in [0.1, 0.15) is 5.82 Å². The minimum Gasteiger partial charge on any atom is -0.207 e. The average molecular weight is 289 g/mol. The standard InChI is InChI=1S/C8H5BrF4S/c9-7-2-1-6(10)3-5(7)4-14-8(11,12)13/h1-3H,4H2. The molecule has 0 N–H and O–H groups in total. The summed E-state index contributed by atoms with van der Waals surface area (Å²) in [5.74, 6) is -0.826. The zero-order valence-electron chi connectivity index (χ0n) is 6.74. The molecule has 1 aromatic rings. The van der Waals surface area contributed by atoms with E-state index in [9.17, 15) is 17.6 Å². The predicted molar refractivity (Wildman–Crippen MR) is 51.5 cm³/mol. The van der Waals surface area contributed by atoms with Gasteiger partial charge in [0.15, 0.2) is 0 Å². The van der Waals surface area contributed by atoms with Crippen molar-refractivity contribution < 1.29 is 17.6 Å². The molecule has 0 aliphatic heterocycles. The van der Waals surface area contributed by atoms with E-state index in [4.69, 9.17) is 0 Å². The lowest BCUT2D eigenvalue weighted by atomic mass is 10.2. The largest absolute Gasteiger partial charge is 0.442 e. The van der Waals surface area contributed by atoms with E-state index in [0.717, 1.165) is 6.07 Å². The Morgan fingerprint density at radius 3 is 2.50 bits per heavy atom. The second kappa shape index (κ2) is 4.53. The Kier molecular flexibility index (Phi) is 3.83. The van der Waals surface area contributed by atoms with Crippen molar-refractivity contribution in [3.63, 3.8) is 0 Å². The van der Waals surface area contributed by atoms with Crippen LogP contribution in [0.15, 0.2) is 22.7 Å². The molecule has 1 aromatic carbocycles. The number of halogens is 5. The zero-order chi connectivity index (χ0) is 10.8. The number of hydrogen-bond acceptors (Lipinski definition) is 1. The Morgan fingerprint density at radius 2 is 1.93 bits per heavy atom. The SMILES string of the molecule is Fc1ccc(Br)c(CSC(F)(F)F)c1. The first-order chi connectivity index (χ1) is 6.38. The molecule has 0 fully saturated rings. The maximum absolute atomic E-state index is 12.7. The third-order valence-corrected chi connectivity index (χ3v) is 2.96. The summed E-state index contributed by atoms with van der Waals surface area (Å²) in [5.41, 5.74) is -3.99. The lowest BCUT2D eigenvalue weighted by Gasteiger charge is -2.07. The maximum atomic E-state index is 12.7. The summed E-state index contributed by atoms with van der Waals surface area (Å²) in [6.45, 7) is 0. The molecule has 0 unspecified atom stereocenters. The number of alkyl halides is 3. The van der Waals surface area contributed by atoms with Gasteiger partial charge in [-0.3, -0.25) is 0 Å². The van der Waals surface area contributed by atoms with Gasteiger partial charge in [0.05, 0.1) is 0 Å². The van der Waals surface area contributed by atoms with Gasteiger partial charge in [-0.25, -0.2) is 4.39 Å². The Hall–Kier alpha value is -0.230. The Balaban J connectivity index is 2.72. The minimum atomic E-state index is -4.29. The number of rotatable bonds is 2. The van der Waals surface area contributed by atoms with Gasteiger partial charge in [-0.1, -0.05) is 15.9 Å². The predicted octanol–water partition coefficient (Wildman–Crippen LogP) is 4.34. The highest BCUT2D eigenvalue weighted by Gasteiger charge is 2.28. The van der Waals surface area contributed by atoms with Crippen LogP contribution in [0.5, 0.6) is 0 Å². The van der Waals surface area contributed by atoms with Crippen LogP contribution in [0, 0.1) is 5.82 Å². The monoisotopic (exact) mass is 288 g/mol. The van der Waals surface area contributed by atoms with Crippen molar-refractivity contribution in [2.24, 2.45) is 0 Å². The number of hydrogen-bond donors (Lipinski definition) is 0. The Bertz CT molecular complexity index is 324. The maximum Gasteiger partial charge on any atom is 0.442 e. The summed E-state index contributed by atoms with van der Waals surface area (Å²) in [7, 11) is 0. The molecular weight excluding hydrogens is 284 g/mol. The molecular formula is C8H5BrF4S. The van der Waals surface area contributed by atoms with E-state index in [1.807, 2.05) is 0 Å². The molecule has 0 spiro atoms. The van der Waals surface area contributed by atoms with Gasteiger partial charge < -0.3 is 0 Å². The highest BCUT2D eigenvalue weighted by atomic mass is 79.9. The molecule has 0 aromatic heterocycles. The van der Waals surface area contributed by atoms with E-state index in [1.165, 1.54) is 12.1 Å². The van der Waals surface area contributed by atoms with Crippen molar-refractivity contribution in [3.05, 3.63) is 34.1 Å². The van der Waals surface area contributed by atoms with Gasteiger partial charge in [-0.15, -0.1) is 0 Å². The Labute approximate surface area is 90.8 Å². The summed E-state index contributed by atoms with van der Waals surface area (Å²) in [6, 6.07) is 3.66. The van der Waals surface area contributed by atoms with Crippen LogP contribution in [-0.4, -0.2) is 5.51 Å². The summed E-state index contributed by atoms with van der Waals surface area (Å²) >= 11 is 2.86. The molecule has 14 heavy (non-hydrogen) atoms. The topological polar surface area (TPSA) is 0 Å². The Morgan fingerprint density at radius 1 is 1.29 bits per heavy atom. The first kappa shape index (κ1) is 11.8. The summed E-state index contributed by atoms with van der Waals surface area (Å²) in [6.07, 6.45) is 0. The summed E-state index contributed by atoms with van der Waals surface area (Å²) in [4.78, 5) is 0. The quantitative estimate of drug-likeness (QED) is 0.730. The van der Waals surface area contributed by atoms with Gasteiger partial charge in [-0.05, 0) is 35.5 Å². The van der Waals surface area contributed by atoms with Crippen LogP contribution in [0.25, 0.3) is 0 Å². The summed E-state index contributed by atoms with van der Waals surface area (Å²) in [5, 5.41) is 0. The van der Waals surface area contributed by atoms with Crippen LogP contribution in [0.3, 0.4) is 0 Å². The van der Waals surface area contributed by atoms with E-state index >= 15 is 0 Å². The van der Waals surface area contributed by atoms with Crippen molar-refractivity contribution in [2.45, 2.75) is 11.3 Å². The van der Waals surface area contributed by atoms with Crippen LogP contribution < -0.4 is 0 Å². The molecule has 78 valence electrons. The number of benzene rings is 1. The van der Waals surface area contributed by atoms with Gasteiger partial charge in [-0.2, -0.15) is 13.2 Å². The molecule has 0 aliphatic carbocycles. The van der Waals surface area contributed by atoms with E-state index < -0.39 is 11.3 Å². The van der Waals surface area contributed by atoms with Crippen molar-refractivity contribution in [2.75, 3.05) is 0 Å². The van der Waals surface area contributed by atoms with Crippen LogP contribution in [0.1, 0.15) is 5.56 Å². The normalized spacial score (nSPS) is 11.8. The highest BCUT2D eigenvalue weighted by Crippen LogP contribution is 2.34. The molecule has 0 bridgehead atoms. The first-order valence-corrected chi connectivity index (χ1v) is 5.31. The van der Waals surface area contributed by atoms with Crippen LogP contribution in [0.2, 0.25) is 0 Å². The third-order valence-electron chi connectivity index (χ3n) is 1.40. The smallest absolute Gasteiger partial charge is 0.207 e. The highest BCUT2D eigenvalue weighted by molar-refractivity contribution is 9.10. The lowest BCUT2D eigenvalue weighted by Crippen LogP contribution is -2.00. The second-order valence-corrected chi connectivity index (χ2v) is 4.36. The van der Waals surface area contributed by atoms with Crippen LogP contribution in [0.4, 0.5) is 17.6 Å². The fourth-order valence-corrected chi connectivity index (χ4v) is 1.94. The van der Waals surface area contributed by atoms with Crippen molar-refractivity contribution in [1.29, 1.82) is 0 Å². The van der Waals surface area contributed by atoms with Crippen molar-refractivity contribution in [1.82, 2.24) is 0 Å². The van der Waals surface area contributed by atoms with Crippen molar-refractivity contribution >= 4 is 27.7 Å². The fourth-order valence-electron chi connectivity index (χ4n) is 0.814. The molecule has 0 aliphatic rings. The molecule has 0 saturated heterocycles. The van der Waals surface area contributed by atoms with Crippen LogP contribution >= 0.6 is 27.7 Å². The van der Waals surface area contributed by atoms with E-state index in [1.54, 1.807) is 0 Å². The number of thioether (sulfide) groups is 1. The molecule has 0 amide bonds. The first-order valence-electron chi connectivity index (χ1n) is 3.53. The molecule has 0 nitrogen and oxygen atoms in total. The van der Waals surface area contributed by atoms with Crippen molar-refractivity contribution in [3.8, 4) is 0 Å². The minimum absolute atomic E-state index is 0.187. The van der Waals surface area contributed by atoms with E-state index in [0.29, 0.717) is 10.0 Å². The molecule has 0 atom stereocenters. The van der Waals surface area contributed by atoms with Gasteiger partial charge in [0.2, 0.25) is 0 Å². The molecule has 0 heterocycles.